The number of rotatable bonds is 3. The number of nitrogen functional groups attached to an aromatic ring is 1. The average Bonchev–Trinajstić information content (AvgIpc) is 3.21. The van der Waals surface area contributed by atoms with E-state index in [1.165, 1.54) is 42.8 Å². The highest BCUT2D eigenvalue weighted by atomic mass is 19.1. The summed E-state index contributed by atoms with van der Waals surface area (Å²) in [5.41, 5.74) is 6.34. The number of carbonyl (C=O) groups excluding carboxylic acids is 2. The summed E-state index contributed by atoms with van der Waals surface area (Å²) in [5, 5.41) is 11.4. The number of anilines is 1. The first-order chi connectivity index (χ1) is 17.9. The fourth-order valence-corrected chi connectivity index (χ4v) is 7.00. The summed E-state index contributed by atoms with van der Waals surface area (Å²) in [6, 6.07) is -0.149. The molecule has 202 valence electrons. The first-order valence-electron chi connectivity index (χ1n) is 14.0. The second kappa shape index (κ2) is 10.9. The van der Waals surface area contributed by atoms with Gasteiger partial charge in [-0.25, -0.2) is 13.9 Å². The number of hydrogen-bond donors (Lipinski definition) is 3. The number of aromatic nitrogens is 3. The Balaban J connectivity index is 1.49. The number of halogens is 1. The SMILES string of the molecule is CN1CCC(C2CCNC3(CCCCCCCCC3)C2NC(=O)c2c(N)nn3cc(F)cnc23)CC1=O. The number of carbonyl (C=O) groups is 2. The Labute approximate surface area is 217 Å². The number of nitrogens with zero attached hydrogens (tertiary/aromatic N) is 4. The monoisotopic (exact) mass is 513 g/mol. The number of hydrogen-bond acceptors (Lipinski definition) is 6. The van der Waals surface area contributed by atoms with E-state index < -0.39 is 5.82 Å². The number of likely N-dealkylation sites (tertiary alicyclic amines) is 1. The maximum atomic E-state index is 13.9. The lowest BCUT2D eigenvalue weighted by atomic mass is 9.65. The summed E-state index contributed by atoms with van der Waals surface area (Å²) in [4.78, 5) is 32.5. The summed E-state index contributed by atoms with van der Waals surface area (Å²) in [5.74, 6) is -0.272. The van der Waals surface area contributed by atoms with Crippen molar-refractivity contribution >= 4 is 23.3 Å². The molecule has 5 rings (SSSR count). The third kappa shape index (κ3) is 5.30. The van der Waals surface area contributed by atoms with Crippen molar-refractivity contribution in [1.29, 1.82) is 0 Å². The molecule has 2 amide bonds. The normalized spacial score (nSPS) is 27.4. The smallest absolute Gasteiger partial charge is 0.259 e. The van der Waals surface area contributed by atoms with Gasteiger partial charge >= 0.3 is 0 Å². The Morgan fingerprint density at radius 1 is 1.16 bits per heavy atom. The first-order valence-corrected chi connectivity index (χ1v) is 14.0. The van der Waals surface area contributed by atoms with E-state index in [9.17, 15) is 14.0 Å². The van der Waals surface area contributed by atoms with Gasteiger partial charge in [-0.1, -0.05) is 44.9 Å². The third-order valence-corrected chi connectivity index (χ3v) is 9.01. The van der Waals surface area contributed by atoms with E-state index in [0.717, 1.165) is 57.8 Å². The lowest BCUT2D eigenvalue weighted by molar-refractivity contribution is -0.135. The van der Waals surface area contributed by atoms with Gasteiger partial charge in [-0.05, 0) is 44.1 Å². The zero-order valence-electron chi connectivity index (χ0n) is 21.8. The van der Waals surface area contributed by atoms with E-state index in [1.807, 2.05) is 11.9 Å². The molecule has 3 aliphatic rings. The van der Waals surface area contributed by atoms with Crippen LogP contribution in [0.15, 0.2) is 12.4 Å². The van der Waals surface area contributed by atoms with Crippen molar-refractivity contribution in [2.24, 2.45) is 11.8 Å². The maximum Gasteiger partial charge on any atom is 0.259 e. The van der Waals surface area contributed by atoms with Crippen LogP contribution in [-0.4, -0.2) is 63.0 Å². The molecule has 0 bridgehead atoms. The van der Waals surface area contributed by atoms with Crippen molar-refractivity contribution in [3.63, 3.8) is 0 Å². The molecule has 2 aromatic heterocycles. The number of fused-ring (bicyclic) bond motifs is 1. The van der Waals surface area contributed by atoms with Gasteiger partial charge < -0.3 is 21.3 Å². The van der Waals surface area contributed by atoms with Crippen molar-refractivity contribution in [2.75, 3.05) is 25.9 Å². The highest BCUT2D eigenvalue weighted by molar-refractivity contribution is 6.04. The predicted octanol–water partition coefficient (Wildman–Crippen LogP) is 3.29. The van der Waals surface area contributed by atoms with Crippen LogP contribution in [0.5, 0.6) is 0 Å². The Kier molecular flexibility index (Phi) is 7.65. The van der Waals surface area contributed by atoms with Crippen molar-refractivity contribution in [1.82, 2.24) is 30.1 Å². The lowest BCUT2D eigenvalue weighted by Gasteiger charge is -2.52. The topological polar surface area (TPSA) is 118 Å². The second-order valence-corrected chi connectivity index (χ2v) is 11.3. The van der Waals surface area contributed by atoms with Gasteiger partial charge in [0.25, 0.3) is 5.91 Å². The van der Waals surface area contributed by atoms with E-state index in [2.05, 4.69) is 20.7 Å². The molecule has 9 nitrogen and oxygen atoms in total. The average molecular weight is 514 g/mol. The van der Waals surface area contributed by atoms with Gasteiger partial charge in [0.15, 0.2) is 17.3 Å². The molecule has 0 aromatic carbocycles. The molecule has 4 heterocycles. The minimum absolute atomic E-state index is 0.0328. The van der Waals surface area contributed by atoms with E-state index >= 15 is 0 Å². The molecule has 1 aliphatic carbocycles. The minimum atomic E-state index is -0.550. The Bertz CT molecular complexity index is 1130. The Hall–Kier alpha value is -2.75. The van der Waals surface area contributed by atoms with Crippen LogP contribution in [-0.2, 0) is 4.79 Å². The van der Waals surface area contributed by atoms with E-state index in [1.54, 1.807) is 0 Å². The van der Waals surface area contributed by atoms with Gasteiger partial charge in [0.1, 0.15) is 5.56 Å². The summed E-state index contributed by atoms with van der Waals surface area (Å²) in [6.45, 7) is 1.63. The summed E-state index contributed by atoms with van der Waals surface area (Å²) < 4.78 is 15.0. The van der Waals surface area contributed by atoms with Gasteiger partial charge in [0.05, 0.1) is 18.4 Å². The maximum absolute atomic E-state index is 13.9. The van der Waals surface area contributed by atoms with Crippen LogP contribution in [0, 0.1) is 17.7 Å². The summed E-state index contributed by atoms with van der Waals surface area (Å²) in [6.07, 6.45) is 15.0. The van der Waals surface area contributed by atoms with Crippen LogP contribution in [0.3, 0.4) is 0 Å². The number of amides is 2. The highest BCUT2D eigenvalue weighted by Crippen LogP contribution is 2.41. The number of nitrogens with one attached hydrogen (secondary N) is 2. The fourth-order valence-electron chi connectivity index (χ4n) is 7.00. The van der Waals surface area contributed by atoms with E-state index in [-0.39, 0.29) is 52.3 Å². The molecule has 2 aromatic rings. The van der Waals surface area contributed by atoms with Crippen LogP contribution >= 0.6 is 0 Å². The molecule has 2 saturated heterocycles. The van der Waals surface area contributed by atoms with Gasteiger partial charge in [0.2, 0.25) is 5.91 Å². The van der Waals surface area contributed by atoms with Crippen LogP contribution < -0.4 is 16.4 Å². The zero-order valence-corrected chi connectivity index (χ0v) is 21.8. The largest absolute Gasteiger partial charge is 0.381 e. The predicted molar refractivity (Wildman–Crippen MR) is 139 cm³/mol. The van der Waals surface area contributed by atoms with E-state index in [4.69, 9.17) is 5.73 Å². The van der Waals surface area contributed by atoms with Crippen molar-refractivity contribution in [3.8, 4) is 0 Å². The number of nitrogens with two attached hydrogens (primary N) is 1. The molecule has 1 spiro atoms. The van der Waals surface area contributed by atoms with Gasteiger partial charge in [-0.3, -0.25) is 9.59 Å². The van der Waals surface area contributed by atoms with Gasteiger partial charge in [-0.15, -0.1) is 5.10 Å². The van der Waals surface area contributed by atoms with Gasteiger partial charge in [0, 0.05) is 25.6 Å². The van der Waals surface area contributed by atoms with Crippen LogP contribution in [0.25, 0.3) is 5.65 Å². The Morgan fingerprint density at radius 2 is 1.86 bits per heavy atom. The molecule has 4 N–H and O–H groups in total. The summed E-state index contributed by atoms with van der Waals surface area (Å²) >= 11 is 0. The van der Waals surface area contributed by atoms with Crippen LogP contribution in [0.1, 0.15) is 87.4 Å². The standard InChI is InChI=1S/C27H40FN7O2/c1-34-14-10-18(15-21(34)36)20-9-13-31-27(11-7-5-3-2-4-6-8-12-27)23(20)32-26(37)22-24(29)33-35-17-19(28)16-30-25(22)35/h16-18,20,23,31H,2-15H2,1H3,(H2,29,33)(H,32,37). The minimum Gasteiger partial charge on any atom is -0.381 e. The van der Waals surface area contributed by atoms with Crippen molar-refractivity contribution < 1.29 is 14.0 Å². The molecule has 0 radical (unpaired) electrons. The molecule has 2 aliphatic heterocycles. The first kappa shape index (κ1) is 25.9. The second-order valence-electron chi connectivity index (χ2n) is 11.3. The lowest BCUT2D eigenvalue weighted by Crippen LogP contribution is -2.68. The molecule has 3 atom stereocenters. The molecule has 10 heteroatoms. The van der Waals surface area contributed by atoms with Crippen LogP contribution in [0.2, 0.25) is 0 Å². The number of piperidine rings is 2. The molecule has 3 fully saturated rings. The van der Waals surface area contributed by atoms with Crippen LogP contribution in [0.4, 0.5) is 10.2 Å². The Morgan fingerprint density at radius 3 is 2.57 bits per heavy atom. The van der Waals surface area contributed by atoms with Crippen molar-refractivity contribution in [3.05, 3.63) is 23.8 Å². The fraction of sp³-hybridized carbons (Fsp3) is 0.704. The quantitative estimate of drug-likeness (QED) is 0.580. The molecule has 3 unspecified atom stereocenters. The highest BCUT2D eigenvalue weighted by Gasteiger charge is 2.49. The third-order valence-electron chi connectivity index (χ3n) is 9.01. The summed E-state index contributed by atoms with van der Waals surface area (Å²) in [7, 11) is 1.87. The zero-order chi connectivity index (χ0) is 26.0. The molecule has 37 heavy (non-hydrogen) atoms. The molecule has 1 saturated carbocycles. The van der Waals surface area contributed by atoms with Crippen molar-refractivity contribution in [2.45, 2.75) is 88.6 Å². The molecular weight excluding hydrogens is 473 g/mol. The van der Waals surface area contributed by atoms with E-state index in [0.29, 0.717) is 6.42 Å². The molecular formula is C27H40FN7O2. The van der Waals surface area contributed by atoms with Gasteiger partial charge in [-0.2, -0.15) is 0 Å².